The van der Waals surface area contributed by atoms with Gasteiger partial charge in [-0.1, -0.05) is 13.8 Å². The molecule has 0 spiro atoms. The lowest BCUT2D eigenvalue weighted by Gasteiger charge is -2.23. The van der Waals surface area contributed by atoms with Gasteiger partial charge < -0.3 is 39.0 Å². The van der Waals surface area contributed by atoms with Crippen LogP contribution in [0.25, 0.3) is 0 Å². The van der Waals surface area contributed by atoms with E-state index in [0.29, 0.717) is 64.6 Å². The van der Waals surface area contributed by atoms with E-state index in [4.69, 9.17) is 24.1 Å². The van der Waals surface area contributed by atoms with E-state index < -0.39 is 23.8 Å². The van der Waals surface area contributed by atoms with Crippen molar-refractivity contribution in [3.05, 3.63) is 43.3 Å². The van der Waals surface area contributed by atoms with Crippen molar-refractivity contribution < 1.29 is 48.3 Å². The summed E-state index contributed by atoms with van der Waals surface area (Å²) in [5.74, 6) is -2.01. The van der Waals surface area contributed by atoms with E-state index in [2.05, 4.69) is 31.9 Å². The molecule has 0 aliphatic carbocycles. The number of carbonyl (C=O) groups excluding carboxylic acids is 2. The molecule has 250 valence electrons. The maximum absolute atomic E-state index is 13.0. The number of halogens is 2. The lowest BCUT2D eigenvalue weighted by molar-refractivity contribution is -0.146. The summed E-state index contributed by atoms with van der Waals surface area (Å²) in [5, 5.41) is 18.4. The fourth-order valence-corrected chi connectivity index (χ4v) is 7.14. The van der Waals surface area contributed by atoms with Crippen LogP contribution in [-0.4, -0.2) is 71.2 Å². The van der Waals surface area contributed by atoms with Crippen LogP contribution in [0.3, 0.4) is 0 Å². The minimum Gasteiger partial charge on any atom is -0.493 e. The van der Waals surface area contributed by atoms with E-state index in [-0.39, 0.29) is 37.3 Å². The number of carboxylic acid groups (broad SMARTS) is 2. The highest BCUT2D eigenvalue weighted by atomic mass is 79.9. The predicted octanol–water partition coefficient (Wildman–Crippen LogP) is 5.54. The van der Waals surface area contributed by atoms with Crippen LogP contribution < -0.4 is 18.9 Å². The molecule has 2 aromatic rings. The van der Waals surface area contributed by atoms with Crippen molar-refractivity contribution in [3.8, 4) is 23.0 Å². The van der Waals surface area contributed by atoms with Gasteiger partial charge in [0.05, 0.1) is 54.3 Å². The molecular formula is C32H38Br2N2O10. The summed E-state index contributed by atoms with van der Waals surface area (Å²) in [6.45, 7) is 6.57. The number of fused-ring (bicyclic) bond motifs is 2. The topological polar surface area (TPSA) is 152 Å². The first-order valence-corrected chi connectivity index (χ1v) is 16.4. The van der Waals surface area contributed by atoms with E-state index in [1.54, 1.807) is 16.9 Å². The van der Waals surface area contributed by atoms with Crippen molar-refractivity contribution in [1.82, 2.24) is 9.80 Å². The first-order chi connectivity index (χ1) is 21.8. The van der Waals surface area contributed by atoms with Gasteiger partial charge in [-0.3, -0.25) is 19.2 Å². The summed E-state index contributed by atoms with van der Waals surface area (Å²) in [5.41, 5.74) is 3.57. The monoisotopic (exact) mass is 768 g/mol. The molecule has 2 aromatic carbocycles. The van der Waals surface area contributed by atoms with Crippen molar-refractivity contribution in [2.24, 2.45) is 11.8 Å². The number of carboxylic acids is 2. The Morgan fingerprint density at radius 2 is 1.39 bits per heavy atom. The van der Waals surface area contributed by atoms with Gasteiger partial charge in [-0.2, -0.15) is 0 Å². The molecule has 4 rings (SSSR count). The maximum atomic E-state index is 13.0. The molecule has 2 N–H and O–H groups in total. The Morgan fingerprint density at radius 1 is 0.826 bits per heavy atom. The number of methoxy groups -OCH3 is 2. The lowest BCUT2D eigenvalue weighted by Crippen LogP contribution is -2.30. The molecule has 0 fully saturated rings. The van der Waals surface area contributed by atoms with Gasteiger partial charge in [0, 0.05) is 38.9 Å². The summed E-state index contributed by atoms with van der Waals surface area (Å²) in [7, 11) is 3.08. The Bertz CT molecular complexity index is 1530. The number of amides is 2. The summed E-state index contributed by atoms with van der Waals surface area (Å²) in [6.07, 6.45) is 0.350. The highest BCUT2D eigenvalue weighted by Gasteiger charge is 2.38. The van der Waals surface area contributed by atoms with Crippen molar-refractivity contribution in [1.29, 1.82) is 0 Å². The third-order valence-electron chi connectivity index (χ3n) is 8.33. The zero-order valence-electron chi connectivity index (χ0n) is 26.4. The second-order valence-electron chi connectivity index (χ2n) is 11.5. The van der Waals surface area contributed by atoms with Gasteiger partial charge in [0.15, 0.2) is 23.0 Å². The van der Waals surface area contributed by atoms with Gasteiger partial charge in [-0.05, 0) is 73.2 Å². The van der Waals surface area contributed by atoms with Crippen molar-refractivity contribution in [3.63, 3.8) is 0 Å². The molecule has 0 bridgehead atoms. The number of hydrogen-bond acceptors (Lipinski definition) is 8. The number of rotatable bonds is 14. The number of benzene rings is 2. The van der Waals surface area contributed by atoms with E-state index in [1.807, 2.05) is 19.1 Å². The van der Waals surface area contributed by atoms with E-state index in [1.165, 1.54) is 21.0 Å². The van der Waals surface area contributed by atoms with Gasteiger partial charge in [0.2, 0.25) is 11.8 Å². The Kier molecular flexibility index (Phi) is 11.5. The summed E-state index contributed by atoms with van der Waals surface area (Å²) in [4.78, 5) is 51.4. The Hall–Kier alpha value is -3.52. The number of nitrogens with zero attached hydrogens (tertiary/aromatic N) is 2. The first kappa shape index (κ1) is 35.3. The van der Waals surface area contributed by atoms with Gasteiger partial charge in [-0.25, -0.2) is 0 Å². The van der Waals surface area contributed by atoms with E-state index in [0.717, 1.165) is 22.3 Å². The Morgan fingerprint density at radius 3 is 1.96 bits per heavy atom. The first-order valence-electron chi connectivity index (χ1n) is 14.8. The second kappa shape index (κ2) is 14.9. The second-order valence-corrected chi connectivity index (χ2v) is 13.1. The molecule has 0 aromatic heterocycles. The number of aliphatic carboxylic acids is 2. The largest absolute Gasteiger partial charge is 0.493 e. The zero-order chi connectivity index (χ0) is 33.9. The summed E-state index contributed by atoms with van der Waals surface area (Å²) in [6, 6.07) is 3.38. The summed E-state index contributed by atoms with van der Waals surface area (Å²) < 4.78 is 24.8. The molecule has 1 unspecified atom stereocenters. The smallest absolute Gasteiger partial charge is 0.306 e. The molecule has 0 saturated heterocycles. The minimum atomic E-state index is -1.01. The molecule has 0 radical (unpaired) electrons. The van der Waals surface area contributed by atoms with Gasteiger partial charge in [0.1, 0.15) is 0 Å². The minimum absolute atomic E-state index is 0.0626. The molecular weight excluding hydrogens is 732 g/mol. The van der Waals surface area contributed by atoms with Gasteiger partial charge in [0.25, 0.3) is 0 Å². The molecule has 2 aliphatic heterocycles. The SMILES string of the molecule is COc1cc2c(cc1OCCCOc1c(Br)c3c(c(Br)c1OC)CN(C(=O)C[C@H](C)C(=O)O)C3C)CN(C(=O)C[C@H](C)C(=O)O)C2. The summed E-state index contributed by atoms with van der Waals surface area (Å²) >= 11 is 7.31. The molecule has 12 nitrogen and oxygen atoms in total. The van der Waals surface area contributed by atoms with Gasteiger partial charge in [-0.15, -0.1) is 0 Å². The lowest BCUT2D eigenvalue weighted by atomic mass is 10.0. The standard InChI is InChI=1S/C32H38Br2N2O10/c1-16(31(39)40)9-24(37)35-13-19-11-22(43-4)23(12-20(19)14-35)45-7-6-8-46-30-28(34)26-18(3)36(25(38)10-17(2)32(41)42)15-21(26)27(33)29(30)44-5/h11-12,16-18H,6-10,13-15H2,1-5H3,(H,39,40)(H,41,42)/t16-,17-,18?/m0/s1. The maximum Gasteiger partial charge on any atom is 0.306 e. The predicted molar refractivity (Wildman–Crippen MR) is 173 cm³/mol. The van der Waals surface area contributed by atoms with Crippen LogP contribution in [0.15, 0.2) is 21.1 Å². The van der Waals surface area contributed by atoms with Crippen molar-refractivity contribution in [2.45, 2.75) is 65.7 Å². The van der Waals surface area contributed by atoms with Crippen LogP contribution in [0.1, 0.15) is 68.3 Å². The number of carbonyl (C=O) groups is 4. The quantitative estimate of drug-likeness (QED) is 0.234. The Labute approximate surface area is 284 Å². The molecule has 0 saturated carbocycles. The van der Waals surface area contributed by atoms with Crippen LogP contribution in [0.2, 0.25) is 0 Å². The van der Waals surface area contributed by atoms with Crippen LogP contribution >= 0.6 is 31.9 Å². The number of ether oxygens (including phenoxy) is 4. The van der Waals surface area contributed by atoms with Crippen LogP contribution in [0, 0.1) is 11.8 Å². The average molecular weight is 770 g/mol. The zero-order valence-corrected chi connectivity index (χ0v) is 29.5. The van der Waals surface area contributed by atoms with E-state index >= 15 is 0 Å². The Balaban J connectivity index is 1.39. The molecule has 2 amide bonds. The molecule has 2 heterocycles. The van der Waals surface area contributed by atoms with Gasteiger partial charge >= 0.3 is 11.9 Å². The van der Waals surface area contributed by atoms with Crippen LogP contribution in [0.5, 0.6) is 23.0 Å². The molecule has 14 heteroatoms. The highest BCUT2D eigenvalue weighted by Crippen LogP contribution is 2.52. The van der Waals surface area contributed by atoms with Crippen LogP contribution in [-0.2, 0) is 38.8 Å². The molecule has 2 aliphatic rings. The fraction of sp³-hybridized carbons (Fsp3) is 0.500. The highest BCUT2D eigenvalue weighted by molar-refractivity contribution is 9.11. The third-order valence-corrected chi connectivity index (χ3v) is 9.95. The third kappa shape index (κ3) is 7.38. The molecule has 3 atom stereocenters. The molecule has 46 heavy (non-hydrogen) atoms. The average Bonchev–Trinajstić information content (AvgIpc) is 3.59. The number of hydrogen-bond donors (Lipinski definition) is 2. The van der Waals surface area contributed by atoms with Crippen molar-refractivity contribution in [2.75, 3.05) is 27.4 Å². The fourth-order valence-electron chi connectivity index (χ4n) is 5.59. The normalized spacial score (nSPS) is 16.4. The van der Waals surface area contributed by atoms with Crippen molar-refractivity contribution >= 4 is 55.6 Å². The van der Waals surface area contributed by atoms with Crippen LogP contribution in [0.4, 0.5) is 0 Å². The van der Waals surface area contributed by atoms with E-state index in [9.17, 15) is 24.3 Å².